The van der Waals surface area contributed by atoms with Crippen molar-refractivity contribution in [2.45, 2.75) is 64.3 Å². The van der Waals surface area contributed by atoms with E-state index in [0.29, 0.717) is 24.2 Å². The van der Waals surface area contributed by atoms with Crippen LogP contribution in [-0.4, -0.2) is 42.4 Å². The van der Waals surface area contributed by atoms with Gasteiger partial charge in [0.15, 0.2) is 6.10 Å². The number of nitrogens with zero attached hydrogens (tertiary/aromatic N) is 2. The zero-order valence-corrected chi connectivity index (χ0v) is 26.3. The Morgan fingerprint density at radius 2 is 1.87 bits per heavy atom. The van der Waals surface area contributed by atoms with E-state index in [0.717, 1.165) is 11.1 Å². The lowest BCUT2D eigenvalue weighted by atomic mass is 9.88. The summed E-state index contributed by atoms with van der Waals surface area (Å²) >= 11 is 0.513. The maximum Gasteiger partial charge on any atom is 0.401 e. The highest BCUT2D eigenvalue weighted by Gasteiger charge is 2.53. The third-order valence-electron chi connectivity index (χ3n) is 7.23. The highest BCUT2D eigenvalue weighted by Crippen LogP contribution is 2.57. The summed E-state index contributed by atoms with van der Waals surface area (Å²) in [7, 11) is 1.20. The number of nitrogens with one attached hydrogen (secondary N) is 1. The van der Waals surface area contributed by atoms with Crippen LogP contribution in [0.2, 0.25) is 0 Å². The maximum absolute atomic E-state index is 15.0. The van der Waals surface area contributed by atoms with Crippen molar-refractivity contribution in [2.75, 3.05) is 19.0 Å². The van der Waals surface area contributed by atoms with E-state index in [2.05, 4.69) is 15.0 Å². The molecule has 45 heavy (non-hydrogen) atoms. The number of benzene rings is 2. The Hall–Kier alpha value is -4.25. The number of aryl methyl sites for hydroxylation is 2. The number of hydrogen-bond donors (Lipinski definition) is 1. The average molecular weight is 644 g/mol. The van der Waals surface area contributed by atoms with Gasteiger partial charge >= 0.3 is 12.1 Å². The molecule has 4 rings (SSSR count). The van der Waals surface area contributed by atoms with Gasteiger partial charge in [-0.3, -0.25) is 4.79 Å². The quantitative estimate of drug-likeness (QED) is 0.0740. The van der Waals surface area contributed by atoms with Crippen LogP contribution in [0.5, 0.6) is 5.75 Å². The van der Waals surface area contributed by atoms with E-state index in [-0.39, 0.29) is 39.8 Å². The van der Waals surface area contributed by atoms with Gasteiger partial charge in [0.05, 0.1) is 37.9 Å². The number of carbonyl (C=O) groups excluding carboxylic acids is 2. The van der Waals surface area contributed by atoms with Crippen molar-refractivity contribution in [2.24, 2.45) is 0 Å². The van der Waals surface area contributed by atoms with Gasteiger partial charge in [-0.05, 0) is 69.0 Å². The molecule has 2 atom stereocenters. The highest BCUT2D eigenvalue weighted by atomic mass is 32.2. The Morgan fingerprint density at radius 3 is 2.47 bits per heavy atom. The number of ether oxygens (including phenoxy) is 2. The van der Waals surface area contributed by atoms with E-state index < -0.39 is 41.3 Å². The van der Waals surface area contributed by atoms with Gasteiger partial charge in [0.1, 0.15) is 16.7 Å². The van der Waals surface area contributed by atoms with Crippen molar-refractivity contribution in [3.63, 3.8) is 0 Å². The first-order valence-electron chi connectivity index (χ1n) is 14.0. The Balaban J connectivity index is 1.77. The largest absolute Gasteiger partial charge is 0.480 e. The lowest BCUT2D eigenvalue weighted by Crippen LogP contribution is -2.32. The molecule has 3 aromatic rings. The van der Waals surface area contributed by atoms with Crippen molar-refractivity contribution in [1.82, 2.24) is 4.57 Å². The molecule has 1 aliphatic rings. The third-order valence-corrected chi connectivity index (χ3v) is 7.97. The number of esters is 1. The summed E-state index contributed by atoms with van der Waals surface area (Å²) in [5.74, 6) is -3.26. The van der Waals surface area contributed by atoms with Crippen molar-refractivity contribution in [1.29, 1.82) is 0 Å². The van der Waals surface area contributed by atoms with Crippen molar-refractivity contribution in [3.8, 4) is 5.75 Å². The number of fused-ring (bicyclic) bond motifs is 1. The summed E-state index contributed by atoms with van der Waals surface area (Å²) < 4.78 is 62.1. The molecular formula is C32H32F3N3O6S. The predicted octanol–water partition coefficient (Wildman–Crippen LogP) is 8.26. The minimum absolute atomic E-state index is 0.0644. The summed E-state index contributed by atoms with van der Waals surface area (Å²) in [6.45, 7) is 16.2. The smallest absolute Gasteiger partial charge is 0.401 e. The number of hydrogen-bond acceptors (Lipinski definition) is 7. The molecule has 1 amide bonds. The van der Waals surface area contributed by atoms with Crippen LogP contribution in [0.25, 0.3) is 16.1 Å². The van der Waals surface area contributed by atoms with Gasteiger partial charge in [-0.15, -0.1) is 0 Å². The maximum atomic E-state index is 15.0. The minimum atomic E-state index is -4.87. The van der Waals surface area contributed by atoms with Crippen LogP contribution in [0, 0.1) is 20.4 Å². The number of amides is 1. The molecule has 0 spiro atoms. The normalized spacial score (nSPS) is 15.0. The Morgan fingerprint density at radius 1 is 1.13 bits per heavy atom. The van der Waals surface area contributed by atoms with Crippen LogP contribution in [-0.2, 0) is 18.8 Å². The van der Waals surface area contributed by atoms with E-state index in [1.165, 1.54) is 43.7 Å². The molecule has 0 saturated carbocycles. The molecule has 2 aromatic carbocycles. The SMILES string of the molecule is [C-]#[N+]c1c(C(=O)OCC)c2n(c1SOOC)C(C)=C(c1cccc(NC(=O)C(CC)Oc3ccc(C)cc3C)c1)C2C(F)(F)F. The van der Waals surface area contributed by atoms with Crippen LogP contribution in [0.4, 0.5) is 24.5 Å². The molecule has 0 radical (unpaired) electrons. The van der Waals surface area contributed by atoms with Gasteiger partial charge in [0.2, 0.25) is 5.69 Å². The van der Waals surface area contributed by atoms with E-state index >= 15 is 0 Å². The number of allylic oxidation sites excluding steroid dienone is 2. The lowest BCUT2D eigenvalue weighted by Gasteiger charge is -2.21. The van der Waals surface area contributed by atoms with Gasteiger partial charge in [-0.1, -0.05) is 36.8 Å². The number of carbonyl (C=O) groups is 2. The first-order valence-corrected chi connectivity index (χ1v) is 14.7. The van der Waals surface area contributed by atoms with Crippen LogP contribution in [0.15, 0.2) is 47.5 Å². The van der Waals surface area contributed by atoms with Gasteiger partial charge in [-0.2, -0.15) is 17.5 Å². The molecule has 0 saturated heterocycles. The van der Waals surface area contributed by atoms with Gasteiger partial charge < -0.3 is 19.4 Å². The first-order chi connectivity index (χ1) is 21.4. The topological polar surface area (TPSA) is 92.4 Å². The standard InChI is InChI=1S/C32H32F3N3O6S/c1-8-22(43-23-14-13-17(3)15-18(23)4)29(39)37-21-12-10-11-20(16-21)24-19(5)38-28(26(24)32(33,34)35)25(31(40)42-9-2)27(36-6)30(38)45-44-41-7/h10-16,22,26H,8-9H2,1-5,7H3,(H,37,39). The fraction of sp³-hybridized carbons (Fsp3) is 0.344. The van der Waals surface area contributed by atoms with E-state index in [9.17, 15) is 22.8 Å². The fourth-order valence-electron chi connectivity index (χ4n) is 5.37. The van der Waals surface area contributed by atoms with Crippen LogP contribution in [0.1, 0.15) is 65.9 Å². The van der Waals surface area contributed by atoms with Gasteiger partial charge in [-0.25, -0.2) is 14.5 Å². The lowest BCUT2D eigenvalue weighted by molar-refractivity contribution is -0.160. The Labute approximate surface area is 263 Å². The monoisotopic (exact) mass is 643 g/mol. The summed E-state index contributed by atoms with van der Waals surface area (Å²) in [6, 6.07) is 11.6. The number of halogens is 3. The summed E-state index contributed by atoms with van der Waals surface area (Å²) in [6.07, 6.45) is -5.38. The summed E-state index contributed by atoms with van der Waals surface area (Å²) in [5, 5.41) is 2.70. The van der Waals surface area contributed by atoms with E-state index in [1.807, 2.05) is 26.0 Å². The summed E-state index contributed by atoms with van der Waals surface area (Å²) in [4.78, 5) is 34.3. The van der Waals surface area contributed by atoms with Crippen LogP contribution < -0.4 is 10.1 Å². The second kappa shape index (κ2) is 13.8. The number of aromatic nitrogens is 1. The van der Waals surface area contributed by atoms with Crippen molar-refractivity contribution >= 4 is 46.6 Å². The molecule has 9 nitrogen and oxygen atoms in total. The highest BCUT2D eigenvalue weighted by molar-refractivity contribution is 7.94. The van der Waals surface area contributed by atoms with Crippen molar-refractivity contribution < 1.29 is 41.5 Å². The molecule has 0 aliphatic carbocycles. The molecule has 1 N–H and O–H groups in total. The van der Waals surface area contributed by atoms with Gasteiger partial charge in [0, 0.05) is 17.1 Å². The van der Waals surface area contributed by atoms with Crippen molar-refractivity contribution in [3.05, 3.63) is 81.8 Å². The Kier molecular flexibility index (Phi) is 10.3. The molecular weight excluding hydrogens is 611 g/mol. The first kappa shape index (κ1) is 33.6. The molecule has 0 bridgehead atoms. The summed E-state index contributed by atoms with van der Waals surface area (Å²) in [5.41, 5.74) is 0.987. The predicted molar refractivity (Wildman–Crippen MR) is 164 cm³/mol. The second-order valence-corrected chi connectivity index (χ2v) is 10.9. The average Bonchev–Trinajstić information content (AvgIpc) is 3.47. The fourth-order valence-corrected chi connectivity index (χ4v) is 6.04. The molecule has 2 unspecified atom stereocenters. The van der Waals surface area contributed by atoms with Crippen LogP contribution >= 0.6 is 12.0 Å². The van der Waals surface area contributed by atoms with E-state index in [4.69, 9.17) is 20.4 Å². The van der Waals surface area contributed by atoms with Gasteiger partial charge in [0.25, 0.3) is 5.91 Å². The number of anilines is 1. The minimum Gasteiger partial charge on any atom is -0.480 e. The number of alkyl halides is 3. The molecule has 238 valence electrons. The molecule has 2 heterocycles. The van der Waals surface area contributed by atoms with E-state index in [1.54, 1.807) is 19.1 Å². The third kappa shape index (κ3) is 6.73. The molecule has 1 aliphatic heterocycles. The zero-order valence-electron chi connectivity index (χ0n) is 25.5. The zero-order chi connectivity index (χ0) is 33.1. The molecule has 13 heteroatoms. The molecule has 0 fully saturated rings. The molecule has 1 aromatic heterocycles. The Bertz CT molecular complexity index is 1690. The second-order valence-electron chi connectivity index (χ2n) is 10.2. The number of rotatable bonds is 11. The van der Waals surface area contributed by atoms with Crippen LogP contribution in [0.3, 0.4) is 0 Å².